The molecule has 228 valence electrons. The predicted molar refractivity (Wildman–Crippen MR) is 163 cm³/mol. The number of rotatable bonds is 4. The highest BCUT2D eigenvalue weighted by Gasteiger charge is 2.32. The second-order valence-electron chi connectivity index (χ2n) is 10.4. The van der Waals surface area contributed by atoms with Crippen molar-refractivity contribution in [3.63, 3.8) is 0 Å². The van der Waals surface area contributed by atoms with Crippen LogP contribution in [0.15, 0.2) is 97.3 Å². The number of halogens is 6. The van der Waals surface area contributed by atoms with Gasteiger partial charge in [-0.1, -0.05) is 36.4 Å². The molecule has 6 aromatic rings. The van der Waals surface area contributed by atoms with E-state index in [0.29, 0.717) is 42.0 Å². The van der Waals surface area contributed by atoms with E-state index in [2.05, 4.69) is 9.97 Å². The molecular formula is C34H16F6N2O2S2. The fourth-order valence-corrected chi connectivity index (χ4v) is 6.98. The quantitative estimate of drug-likeness (QED) is 0.176. The first-order valence-electron chi connectivity index (χ1n) is 13.5. The fraction of sp³-hybridized carbons (Fsp3) is 0.0588. The minimum absolute atomic E-state index is 0.231. The summed E-state index contributed by atoms with van der Waals surface area (Å²) in [6, 6.07) is 19.2. The summed E-state index contributed by atoms with van der Waals surface area (Å²) in [4.78, 5) is 37.2. The maximum absolute atomic E-state index is 13.6. The van der Waals surface area contributed by atoms with E-state index < -0.39 is 23.5 Å². The lowest BCUT2D eigenvalue weighted by molar-refractivity contribution is -0.138. The number of thiazole rings is 2. The van der Waals surface area contributed by atoms with Crippen molar-refractivity contribution in [1.29, 1.82) is 0 Å². The Hall–Kier alpha value is -4.94. The third-order valence-electron chi connectivity index (χ3n) is 7.52. The lowest BCUT2D eigenvalue weighted by Gasteiger charge is -2.18. The van der Waals surface area contributed by atoms with Crippen molar-refractivity contribution in [2.45, 2.75) is 12.4 Å². The van der Waals surface area contributed by atoms with Crippen molar-refractivity contribution < 1.29 is 35.9 Å². The summed E-state index contributed by atoms with van der Waals surface area (Å²) >= 11 is 2.50. The van der Waals surface area contributed by atoms with Gasteiger partial charge in [0.05, 0.1) is 20.9 Å². The summed E-state index contributed by atoms with van der Waals surface area (Å²) in [5.41, 5.74) is 1.73. The Morgan fingerprint density at radius 2 is 0.804 bits per heavy atom. The molecule has 0 fully saturated rings. The van der Waals surface area contributed by atoms with Crippen LogP contribution in [-0.4, -0.2) is 21.5 Å². The van der Waals surface area contributed by atoms with E-state index in [-0.39, 0.29) is 33.8 Å². The molecule has 1 aliphatic carbocycles. The number of nitrogens with zero attached hydrogens (tertiary/aromatic N) is 2. The third kappa shape index (κ3) is 5.33. The molecule has 0 amide bonds. The first kappa shape index (κ1) is 29.8. The van der Waals surface area contributed by atoms with Crippen LogP contribution in [0, 0.1) is 0 Å². The molecule has 0 radical (unpaired) electrons. The monoisotopic (exact) mass is 662 g/mol. The summed E-state index contributed by atoms with van der Waals surface area (Å²) in [6.07, 6.45) is -5.74. The Balaban J connectivity index is 1.15. The molecule has 0 unspecified atom stereocenters. The van der Waals surface area contributed by atoms with Crippen LogP contribution in [0.3, 0.4) is 0 Å². The van der Waals surface area contributed by atoms with Crippen molar-refractivity contribution in [3.05, 3.63) is 131 Å². The van der Waals surface area contributed by atoms with Crippen LogP contribution >= 0.6 is 22.7 Å². The van der Waals surface area contributed by atoms with E-state index in [1.54, 1.807) is 48.8 Å². The Bertz CT molecular complexity index is 2010. The van der Waals surface area contributed by atoms with Crippen molar-refractivity contribution in [2.75, 3.05) is 0 Å². The molecule has 1 aliphatic rings. The van der Waals surface area contributed by atoms with Gasteiger partial charge in [0.2, 0.25) is 0 Å². The zero-order valence-electron chi connectivity index (χ0n) is 23.0. The van der Waals surface area contributed by atoms with Gasteiger partial charge in [-0.3, -0.25) is 9.59 Å². The van der Waals surface area contributed by atoms with Crippen LogP contribution in [0.5, 0.6) is 0 Å². The van der Waals surface area contributed by atoms with Gasteiger partial charge in [0.25, 0.3) is 0 Å². The molecular weight excluding hydrogens is 647 g/mol. The Labute approximate surface area is 264 Å². The molecule has 0 bridgehead atoms. The van der Waals surface area contributed by atoms with Crippen molar-refractivity contribution in [3.8, 4) is 42.0 Å². The van der Waals surface area contributed by atoms with Gasteiger partial charge in [-0.2, -0.15) is 26.3 Å². The normalized spacial score (nSPS) is 13.1. The van der Waals surface area contributed by atoms with Gasteiger partial charge in [0.15, 0.2) is 11.6 Å². The van der Waals surface area contributed by atoms with Gasteiger partial charge < -0.3 is 0 Å². The molecule has 0 spiro atoms. The summed E-state index contributed by atoms with van der Waals surface area (Å²) < 4.78 is 77.6. The first-order chi connectivity index (χ1) is 21.9. The Morgan fingerprint density at radius 3 is 1.15 bits per heavy atom. The largest absolute Gasteiger partial charge is 0.416 e. The molecule has 46 heavy (non-hydrogen) atoms. The zero-order valence-corrected chi connectivity index (χ0v) is 24.7. The van der Waals surface area contributed by atoms with E-state index in [9.17, 15) is 35.9 Å². The highest BCUT2D eigenvalue weighted by atomic mass is 32.1. The SMILES string of the molecule is O=C1c2ccc(-c3cnc(-c4ccc(C(F)(F)F)cc4)s3)cc2C(=O)c2ccc(-c3cnc(-c4ccc(C(F)(F)F)cc4)s3)cc21. The first-order valence-corrected chi connectivity index (χ1v) is 15.2. The number of hydrogen-bond acceptors (Lipinski definition) is 6. The number of fused-ring (bicyclic) bond motifs is 2. The minimum atomic E-state index is -4.44. The average Bonchev–Trinajstić information content (AvgIpc) is 3.74. The predicted octanol–water partition coefficient (Wildman–Crippen LogP) is 10.1. The van der Waals surface area contributed by atoms with Gasteiger partial charge >= 0.3 is 12.4 Å². The molecule has 7 rings (SSSR count). The lowest BCUT2D eigenvalue weighted by Crippen LogP contribution is -2.20. The molecule has 0 atom stereocenters. The van der Waals surface area contributed by atoms with Crippen LogP contribution < -0.4 is 0 Å². The highest BCUT2D eigenvalue weighted by Crippen LogP contribution is 2.39. The maximum Gasteiger partial charge on any atom is 0.416 e. The standard InChI is InChI=1S/C34H16F6N2O2S2/c35-33(36,37)21-7-1-17(2-8-21)31-41-15-27(45-31)19-5-11-23-25(13-19)29(43)24-12-6-20(14-26(24)30(23)44)28-16-42-32(46-28)18-3-9-22(10-4-18)34(38,39)40/h1-16H. The number of carbonyl (C=O) groups is 2. The Morgan fingerprint density at radius 1 is 0.457 bits per heavy atom. The van der Waals surface area contributed by atoms with Crippen LogP contribution in [0.4, 0.5) is 26.3 Å². The smallest absolute Gasteiger partial charge is 0.289 e. The van der Waals surface area contributed by atoms with Crippen LogP contribution in [-0.2, 0) is 12.4 Å². The van der Waals surface area contributed by atoms with Crippen molar-refractivity contribution in [1.82, 2.24) is 9.97 Å². The third-order valence-corrected chi connectivity index (χ3v) is 9.71. The van der Waals surface area contributed by atoms with E-state index in [4.69, 9.17) is 0 Å². The second-order valence-corrected chi connectivity index (χ2v) is 12.4. The number of benzene rings is 4. The van der Waals surface area contributed by atoms with Crippen molar-refractivity contribution >= 4 is 34.2 Å². The lowest BCUT2D eigenvalue weighted by atomic mass is 9.82. The van der Waals surface area contributed by atoms with Gasteiger partial charge in [-0.05, 0) is 59.7 Å². The number of ketones is 2. The molecule has 0 aliphatic heterocycles. The van der Waals surface area contributed by atoms with Crippen LogP contribution in [0.2, 0.25) is 0 Å². The fourth-order valence-electron chi connectivity index (χ4n) is 5.14. The molecule has 0 saturated heterocycles. The van der Waals surface area contributed by atoms with Gasteiger partial charge in [0, 0.05) is 45.8 Å². The number of hydrogen-bond donors (Lipinski definition) is 0. The summed E-state index contributed by atoms with van der Waals surface area (Å²) in [5, 5.41) is 1.01. The molecule has 12 heteroatoms. The van der Waals surface area contributed by atoms with E-state index in [1.807, 2.05) is 0 Å². The minimum Gasteiger partial charge on any atom is -0.289 e. The number of alkyl halides is 6. The van der Waals surface area contributed by atoms with E-state index >= 15 is 0 Å². The summed E-state index contributed by atoms with van der Waals surface area (Å²) in [5.74, 6) is -0.666. The van der Waals surface area contributed by atoms with E-state index in [1.165, 1.54) is 46.9 Å². The highest BCUT2D eigenvalue weighted by molar-refractivity contribution is 7.18. The molecule has 4 aromatic carbocycles. The molecule has 2 aromatic heterocycles. The number of aromatic nitrogens is 2. The zero-order chi connectivity index (χ0) is 32.4. The molecule has 0 saturated carbocycles. The number of carbonyl (C=O) groups excluding carboxylic acids is 2. The van der Waals surface area contributed by atoms with E-state index in [0.717, 1.165) is 24.3 Å². The van der Waals surface area contributed by atoms with Gasteiger partial charge in [-0.15, -0.1) is 22.7 Å². The molecule has 2 heterocycles. The summed E-state index contributed by atoms with van der Waals surface area (Å²) in [7, 11) is 0. The van der Waals surface area contributed by atoms with Crippen LogP contribution in [0.1, 0.15) is 43.0 Å². The van der Waals surface area contributed by atoms with Gasteiger partial charge in [0.1, 0.15) is 10.0 Å². The van der Waals surface area contributed by atoms with Crippen LogP contribution in [0.25, 0.3) is 42.0 Å². The van der Waals surface area contributed by atoms with Crippen molar-refractivity contribution in [2.24, 2.45) is 0 Å². The average molecular weight is 663 g/mol. The maximum atomic E-state index is 13.6. The molecule has 4 nitrogen and oxygen atoms in total. The second kappa shape index (κ2) is 10.8. The Kier molecular flexibility index (Phi) is 7.02. The summed E-state index contributed by atoms with van der Waals surface area (Å²) in [6.45, 7) is 0. The topological polar surface area (TPSA) is 59.9 Å². The molecule has 0 N–H and O–H groups in total. The van der Waals surface area contributed by atoms with Gasteiger partial charge in [-0.25, -0.2) is 9.97 Å².